The van der Waals surface area contributed by atoms with Crippen molar-refractivity contribution in [1.29, 1.82) is 0 Å². The topological polar surface area (TPSA) is 223 Å². The minimum Gasteiger partial charge on any atom is -0.481 e. The molecule has 0 spiro atoms. The summed E-state index contributed by atoms with van der Waals surface area (Å²) in [6.07, 6.45) is 0.200. The Morgan fingerprint density at radius 1 is 0.635 bits per heavy atom. The summed E-state index contributed by atoms with van der Waals surface area (Å²) in [6, 6.07) is 0.0708. The van der Waals surface area contributed by atoms with Gasteiger partial charge in [0.05, 0.1) is 74.5 Å². The zero-order valence-corrected chi connectivity index (χ0v) is 44.5. The van der Waals surface area contributed by atoms with E-state index in [9.17, 15) is 29.7 Å². The molecule has 17 nitrogen and oxygen atoms in total. The van der Waals surface area contributed by atoms with Crippen LogP contribution in [0, 0.1) is 0 Å². The molecule has 3 aliphatic rings. The van der Waals surface area contributed by atoms with Gasteiger partial charge in [-0.3, -0.25) is 4.79 Å². The molecule has 3 saturated heterocycles. The Morgan fingerprint density at radius 2 is 0.937 bits per heavy atom. The average molecular weight is 918 g/mol. The minimum absolute atomic E-state index is 0.00139. The Hall–Kier alpha value is -2.28. The Labute approximate surface area is 386 Å². The summed E-state index contributed by atoms with van der Waals surface area (Å²) >= 11 is 0. The number of alkyl carbamates (subject to hydrolysis) is 1. The fraction of sp³-hybridized carbons (Fsp3) is 0.935. The number of carbonyl (C=O) groups excluding carboxylic acids is 2. The highest BCUT2D eigenvalue weighted by Crippen LogP contribution is 2.26. The largest absolute Gasteiger partial charge is 0.481 e. The number of carbonyl (C=O) groups is 2. The number of isocyanates is 1. The van der Waals surface area contributed by atoms with E-state index in [1.165, 1.54) is 6.08 Å². The van der Waals surface area contributed by atoms with Crippen molar-refractivity contribution in [2.75, 3.05) is 68.6 Å². The van der Waals surface area contributed by atoms with Gasteiger partial charge in [0.2, 0.25) is 6.08 Å². The lowest BCUT2D eigenvalue weighted by Gasteiger charge is -2.41. The highest BCUT2D eigenvalue weighted by atomic mass is 16.6. The molecule has 3 heterocycles. The molecule has 3 fully saturated rings. The zero-order chi connectivity index (χ0) is 51.4. The summed E-state index contributed by atoms with van der Waals surface area (Å²) in [7, 11) is 11.5. The maximum Gasteiger partial charge on any atom is 0.407 e. The van der Waals surface area contributed by atoms with Crippen LogP contribution in [0.3, 0.4) is 0 Å². The number of aliphatic carboxylic acids is 1. The number of ether oxygens (including phenoxy) is 4. The molecule has 0 aromatic rings. The van der Waals surface area contributed by atoms with Gasteiger partial charge in [-0.2, -0.15) is 0 Å². The number of aliphatic imine (C=N–C) groups is 1. The van der Waals surface area contributed by atoms with Crippen molar-refractivity contribution in [1.82, 2.24) is 20.0 Å². The average Bonchev–Trinajstić information content (AvgIpc) is 3.27. The first kappa shape index (κ1) is 75.0. The number of hydrogen-bond donors (Lipinski definition) is 6. The van der Waals surface area contributed by atoms with Gasteiger partial charge in [-0.1, -0.05) is 83.1 Å². The molecule has 0 aliphatic carbocycles. The molecule has 63 heavy (non-hydrogen) atoms. The second-order valence-electron chi connectivity index (χ2n) is 13.6. The highest BCUT2D eigenvalue weighted by molar-refractivity contribution is 5.67. The van der Waals surface area contributed by atoms with Crippen molar-refractivity contribution in [3.63, 3.8) is 0 Å². The van der Waals surface area contributed by atoms with E-state index in [1.54, 1.807) is 20.8 Å². The number of likely N-dealkylation sites (N-methyl/N-ethyl adjacent to an activating group) is 3. The van der Waals surface area contributed by atoms with E-state index in [2.05, 4.69) is 10.3 Å². The number of hydrogen-bond acceptors (Lipinski definition) is 15. The van der Waals surface area contributed by atoms with Crippen LogP contribution in [0.1, 0.15) is 143 Å². The Bertz CT molecular complexity index is 988. The molecule has 0 unspecified atom stereocenters. The van der Waals surface area contributed by atoms with E-state index < -0.39 is 30.4 Å². The second-order valence-corrected chi connectivity index (χ2v) is 13.6. The molecule has 384 valence electrons. The monoisotopic (exact) mass is 918 g/mol. The maximum absolute atomic E-state index is 11.2. The fourth-order valence-electron chi connectivity index (χ4n) is 6.13. The molecule has 6 N–H and O–H groups in total. The number of aliphatic hydroxyl groups is 4. The third kappa shape index (κ3) is 36.6. The van der Waals surface area contributed by atoms with E-state index in [1.807, 2.05) is 154 Å². The predicted octanol–water partition coefficient (Wildman–Crippen LogP) is 6.08. The molecule has 17 heteroatoms. The molecule has 0 radical (unpaired) electrons. The highest BCUT2D eigenvalue weighted by Gasteiger charge is 2.38. The molecule has 3 rings (SSSR count). The van der Waals surface area contributed by atoms with Crippen LogP contribution < -0.4 is 5.32 Å². The van der Waals surface area contributed by atoms with Gasteiger partial charge in [-0.25, -0.2) is 14.6 Å². The fourth-order valence-corrected chi connectivity index (χ4v) is 6.13. The van der Waals surface area contributed by atoms with Crippen molar-refractivity contribution < 1.29 is 58.9 Å². The van der Waals surface area contributed by atoms with Gasteiger partial charge in [0.1, 0.15) is 0 Å². The zero-order valence-electron chi connectivity index (χ0n) is 44.5. The van der Waals surface area contributed by atoms with E-state index in [0.29, 0.717) is 39.0 Å². The van der Waals surface area contributed by atoms with Crippen molar-refractivity contribution in [3.05, 3.63) is 0 Å². The summed E-state index contributed by atoms with van der Waals surface area (Å²) in [5.41, 5.74) is 0. The number of carboxylic acids is 1. The van der Waals surface area contributed by atoms with E-state index in [4.69, 9.17) is 29.2 Å². The van der Waals surface area contributed by atoms with Crippen LogP contribution in [0.2, 0.25) is 0 Å². The third-order valence-electron chi connectivity index (χ3n) is 8.86. The number of nitrogens with one attached hydrogen (secondary N) is 1. The minimum atomic E-state index is -0.860. The first-order valence-electron chi connectivity index (χ1n) is 23.6. The van der Waals surface area contributed by atoms with Gasteiger partial charge in [-0.05, 0) is 96.2 Å². The smallest absolute Gasteiger partial charge is 0.407 e. The van der Waals surface area contributed by atoms with E-state index in [0.717, 1.165) is 0 Å². The standard InChI is InChI=1S/C12H24N2O4.C10H18N2O3.C10H19NO4.C2H6O.6C2H6/c1-5-17-12(16)13-7-9-6-10(14(3)4)11(15)8(2)18-9;1-7-10(14)9(12(2)3)4-8(15-7)5-11-6-13;1-6-10(14)8(11(2)3)4-7(15-6)5-9(12)13;1-2-3;6*1-2/h8-11,15H,5-7H2,1-4H3,(H,13,16);7-10,14H,4-5H2,1-3H3;6-8,10,14H,4-5H2,1-3H3,(H,12,13);3H,2H2,1H3;6*1-2H3/t8-,9-,10-,11-;7-,8-,9-,10-;6-,7-,8-,10-;;;;;;;/m000......./s1. The lowest BCUT2D eigenvalue weighted by Crippen LogP contribution is -2.54. The van der Waals surface area contributed by atoms with Gasteiger partial charge in [0.25, 0.3) is 0 Å². The van der Waals surface area contributed by atoms with Crippen LogP contribution in [0.5, 0.6) is 0 Å². The van der Waals surface area contributed by atoms with Gasteiger partial charge in [0, 0.05) is 31.3 Å². The Balaban J connectivity index is -0.000000130. The van der Waals surface area contributed by atoms with Gasteiger partial charge >= 0.3 is 12.1 Å². The van der Waals surface area contributed by atoms with E-state index in [-0.39, 0.29) is 67.8 Å². The molecule has 0 aromatic carbocycles. The summed E-state index contributed by atoms with van der Waals surface area (Å²) in [5.74, 6) is -0.860. The second kappa shape index (κ2) is 50.7. The van der Waals surface area contributed by atoms with Crippen LogP contribution in [0.15, 0.2) is 4.99 Å². The number of rotatable bonds is 10. The van der Waals surface area contributed by atoms with Crippen molar-refractivity contribution in [2.24, 2.45) is 4.99 Å². The van der Waals surface area contributed by atoms with Crippen LogP contribution in [0.25, 0.3) is 0 Å². The quantitative estimate of drug-likeness (QED) is 0.108. The number of amides is 1. The van der Waals surface area contributed by atoms with Crippen molar-refractivity contribution in [2.45, 2.75) is 216 Å². The molecular formula is C46H103N5O12. The Morgan fingerprint density at radius 3 is 1.24 bits per heavy atom. The van der Waals surface area contributed by atoms with Crippen LogP contribution in [0.4, 0.5) is 4.79 Å². The summed E-state index contributed by atoms with van der Waals surface area (Å²) in [4.78, 5) is 41.2. The predicted molar refractivity (Wildman–Crippen MR) is 258 cm³/mol. The van der Waals surface area contributed by atoms with Gasteiger partial charge in [-0.15, -0.1) is 0 Å². The molecule has 1 amide bonds. The molecule has 3 aliphatic heterocycles. The summed E-state index contributed by atoms with van der Waals surface area (Å²) in [5, 5.41) is 48.6. The lowest BCUT2D eigenvalue weighted by molar-refractivity contribution is -0.158. The Kier molecular flexibility index (Phi) is 60.4. The number of nitrogens with zero attached hydrogens (tertiary/aromatic N) is 4. The van der Waals surface area contributed by atoms with E-state index >= 15 is 0 Å². The summed E-state index contributed by atoms with van der Waals surface area (Å²) in [6.45, 7) is 34.2. The number of carboxylic acid groups (broad SMARTS) is 1. The molecule has 0 aromatic heterocycles. The third-order valence-corrected chi connectivity index (χ3v) is 8.86. The number of aliphatic hydroxyl groups excluding tert-OH is 4. The first-order valence-corrected chi connectivity index (χ1v) is 23.6. The van der Waals surface area contributed by atoms with Crippen LogP contribution >= 0.6 is 0 Å². The first-order chi connectivity index (χ1) is 29.8. The molecule has 0 bridgehead atoms. The lowest BCUT2D eigenvalue weighted by atomic mass is 9.94. The van der Waals surface area contributed by atoms with Crippen molar-refractivity contribution >= 4 is 18.1 Å². The van der Waals surface area contributed by atoms with Crippen LogP contribution in [-0.4, -0.2) is 200 Å². The SMILES string of the molecule is CC.CC.CC.CC.CC.CC.CCO.CCOC(=O)NC[C@@H]1C[C@H](N(C)C)[C@@H](O)[C@H](C)O1.C[C@@H]1O[C@H](CC(=O)O)C[C@H](N(C)C)[C@H]1O.C[C@@H]1O[C@H](CN=C=O)C[C@H](N(C)C)[C@H]1O. The van der Waals surface area contributed by atoms with Gasteiger partial charge < -0.3 is 64.5 Å². The molecule has 12 atom stereocenters. The van der Waals surface area contributed by atoms with Crippen LogP contribution in [-0.2, 0) is 28.5 Å². The maximum atomic E-state index is 11.2. The van der Waals surface area contributed by atoms with Gasteiger partial charge in [0.15, 0.2) is 0 Å². The molecular weight excluding hydrogens is 815 g/mol. The summed E-state index contributed by atoms with van der Waals surface area (Å²) < 4.78 is 21.4. The normalized spacial score (nSPS) is 27.5. The molecule has 0 saturated carbocycles. The van der Waals surface area contributed by atoms with Crippen molar-refractivity contribution in [3.8, 4) is 0 Å².